The Bertz CT molecular complexity index is 520. The summed E-state index contributed by atoms with van der Waals surface area (Å²) in [6.07, 6.45) is 0. The highest BCUT2D eigenvalue weighted by Gasteiger charge is 2.22. The van der Waals surface area contributed by atoms with Crippen LogP contribution in [0.2, 0.25) is 0 Å². The smallest absolute Gasteiger partial charge is 0.128 e. The van der Waals surface area contributed by atoms with Crippen LogP contribution in [0.5, 0.6) is 5.75 Å². The number of aryl methyl sites for hydroxylation is 1. The maximum absolute atomic E-state index is 10.1. The van der Waals surface area contributed by atoms with Crippen LogP contribution in [0.4, 0.5) is 0 Å². The molecule has 0 saturated heterocycles. The molecule has 16 heavy (non-hydrogen) atoms. The third-order valence-electron chi connectivity index (χ3n) is 2.89. The molecule has 0 unspecified atom stereocenters. The van der Waals surface area contributed by atoms with Gasteiger partial charge >= 0.3 is 0 Å². The van der Waals surface area contributed by atoms with Crippen LogP contribution in [-0.4, -0.2) is 16.8 Å². The fraction of sp³-hybridized carbons (Fsp3) is 0.385. The van der Waals surface area contributed by atoms with Gasteiger partial charge in [0.1, 0.15) is 5.75 Å². The van der Waals surface area contributed by atoms with Crippen molar-refractivity contribution in [2.75, 3.05) is 7.11 Å². The van der Waals surface area contributed by atoms with Gasteiger partial charge in [-0.25, -0.2) is 0 Å². The molecule has 2 aromatic rings. The first kappa shape index (κ1) is 11.0. The van der Waals surface area contributed by atoms with Crippen molar-refractivity contribution in [3.63, 3.8) is 0 Å². The Morgan fingerprint density at radius 1 is 1.31 bits per heavy atom. The van der Waals surface area contributed by atoms with Gasteiger partial charge in [-0.3, -0.25) is 0 Å². The lowest BCUT2D eigenvalue weighted by Gasteiger charge is -2.18. The van der Waals surface area contributed by atoms with E-state index in [-0.39, 0.29) is 0 Å². The maximum Gasteiger partial charge on any atom is 0.128 e. The Balaban J connectivity index is 2.77. The van der Waals surface area contributed by atoms with Crippen LogP contribution in [0.1, 0.15) is 19.5 Å². The van der Waals surface area contributed by atoms with Crippen molar-refractivity contribution in [3.05, 3.63) is 30.0 Å². The van der Waals surface area contributed by atoms with Gasteiger partial charge in [0.2, 0.25) is 0 Å². The zero-order valence-corrected chi connectivity index (χ0v) is 10.1. The summed E-state index contributed by atoms with van der Waals surface area (Å²) >= 11 is 0. The predicted molar refractivity (Wildman–Crippen MR) is 64.7 cm³/mol. The second-order valence-corrected chi connectivity index (χ2v) is 4.54. The van der Waals surface area contributed by atoms with Crippen molar-refractivity contribution in [2.24, 2.45) is 7.05 Å². The molecule has 0 spiro atoms. The Hall–Kier alpha value is -1.48. The van der Waals surface area contributed by atoms with Crippen LogP contribution in [0.15, 0.2) is 24.3 Å². The van der Waals surface area contributed by atoms with Gasteiger partial charge in [0.05, 0.1) is 18.2 Å². The van der Waals surface area contributed by atoms with Crippen molar-refractivity contribution in [1.29, 1.82) is 0 Å². The topological polar surface area (TPSA) is 34.4 Å². The number of aromatic nitrogens is 1. The van der Waals surface area contributed by atoms with Crippen LogP contribution < -0.4 is 4.74 Å². The van der Waals surface area contributed by atoms with Crippen LogP contribution in [0.25, 0.3) is 10.9 Å². The van der Waals surface area contributed by atoms with Gasteiger partial charge < -0.3 is 14.4 Å². The highest BCUT2D eigenvalue weighted by atomic mass is 16.5. The lowest BCUT2D eigenvalue weighted by atomic mass is 10.1. The molecule has 0 saturated carbocycles. The number of rotatable bonds is 2. The summed E-state index contributed by atoms with van der Waals surface area (Å²) in [5, 5.41) is 11.1. The molecule has 0 aliphatic carbocycles. The quantitative estimate of drug-likeness (QED) is 0.841. The van der Waals surface area contributed by atoms with Gasteiger partial charge in [-0.1, -0.05) is 6.07 Å². The molecule has 0 atom stereocenters. The standard InChI is InChI=1S/C13H17NO2/c1-13(2,15)12-8-9-10(14(12)3)6-5-7-11(9)16-4/h5-8,15H,1-4H3. The number of ether oxygens (including phenoxy) is 1. The zero-order chi connectivity index (χ0) is 11.9. The highest BCUT2D eigenvalue weighted by molar-refractivity contribution is 5.87. The van der Waals surface area contributed by atoms with Crippen molar-refractivity contribution in [2.45, 2.75) is 19.4 Å². The lowest BCUT2D eigenvalue weighted by Crippen LogP contribution is -2.19. The molecule has 0 radical (unpaired) electrons. The van der Waals surface area contributed by atoms with E-state index in [4.69, 9.17) is 4.74 Å². The average molecular weight is 219 g/mol. The van der Waals surface area contributed by atoms with Crippen LogP contribution in [0, 0.1) is 0 Å². The zero-order valence-electron chi connectivity index (χ0n) is 10.1. The fourth-order valence-corrected chi connectivity index (χ4v) is 2.10. The fourth-order valence-electron chi connectivity index (χ4n) is 2.10. The summed E-state index contributed by atoms with van der Waals surface area (Å²) in [6, 6.07) is 7.88. The molecular weight excluding hydrogens is 202 g/mol. The highest BCUT2D eigenvalue weighted by Crippen LogP contribution is 2.32. The molecule has 0 aliphatic rings. The second kappa shape index (κ2) is 3.52. The van der Waals surface area contributed by atoms with Gasteiger partial charge in [0.25, 0.3) is 0 Å². The summed E-state index contributed by atoms with van der Waals surface area (Å²) in [5.74, 6) is 0.837. The van der Waals surface area contributed by atoms with Gasteiger partial charge in [0.15, 0.2) is 0 Å². The van der Waals surface area contributed by atoms with Gasteiger partial charge in [0, 0.05) is 18.1 Å². The van der Waals surface area contributed by atoms with Gasteiger partial charge in [-0.2, -0.15) is 0 Å². The van der Waals surface area contributed by atoms with Gasteiger partial charge in [-0.15, -0.1) is 0 Å². The molecule has 1 aromatic heterocycles. The third kappa shape index (κ3) is 1.57. The van der Waals surface area contributed by atoms with E-state index in [1.165, 1.54) is 0 Å². The van der Waals surface area contributed by atoms with Crippen LogP contribution in [0.3, 0.4) is 0 Å². The number of aliphatic hydroxyl groups is 1. The molecule has 1 N–H and O–H groups in total. The van der Waals surface area contributed by atoms with Crippen molar-refractivity contribution in [3.8, 4) is 5.75 Å². The molecule has 3 nitrogen and oxygen atoms in total. The van der Waals surface area contributed by atoms with Crippen LogP contribution >= 0.6 is 0 Å². The number of hydrogen-bond acceptors (Lipinski definition) is 2. The summed E-state index contributed by atoms with van der Waals surface area (Å²) in [4.78, 5) is 0. The Morgan fingerprint density at radius 3 is 2.56 bits per heavy atom. The van der Waals surface area contributed by atoms with Gasteiger partial charge in [-0.05, 0) is 32.0 Å². The van der Waals surface area contributed by atoms with E-state index in [9.17, 15) is 5.11 Å². The number of nitrogens with zero attached hydrogens (tertiary/aromatic N) is 1. The number of fused-ring (bicyclic) bond motifs is 1. The van der Waals surface area contributed by atoms with E-state index in [2.05, 4.69) is 0 Å². The number of methoxy groups -OCH3 is 1. The molecule has 0 aliphatic heterocycles. The molecule has 0 bridgehead atoms. The van der Waals surface area contributed by atoms with E-state index in [1.54, 1.807) is 21.0 Å². The Labute approximate surface area is 95.3 Å². The van der Waals surface area contributed by atoms with E-state index < -0.39 is 5.60 Å². The second-order valence-electron chi connectivity index (χ2n) is 4.54. The SMILES string of the molecule is COc1cccc2c1cc(C(C)(C)O)n2C. The first-order valence-corrected chi connectivity index (χ1v) is 5.30. The molecule has 3 heteroatoms. The monoisotopic (exact) mass is 219 g/mol. The molecule has 1 aromatic carbocycles. The lowest BCUT2D eigenvalue weighted by molar-refractivity contribution is 0.0712. The van der Waals surface area contributed by atoms with Crippen molar-refractivity contribution >= 4 is 10.9 Å². The molecule has 1 heterocycles. The minimum absolute atomic E-state index is 0.837. The van der Waals surface area contributed by atoms with E-state index in [1.807, 2.05) is 35.9 Å². The third-order valence-corrected chi connectivity index (χ3v) is 2.89. The molecule has 86 valence electrons. The van der Waals surface area contributed by atoms with Crippen molar-refractivity contribution in [1.82, 2.24) is 4.57 Å². The normalized spacial score (nSPS) is 12.1. The molecule has 0 amide bonds. The Kier molecular flexibility index (Phi) is 2.43. The molecular formula is C13H17NO2. The van der Waals surface area contributed by atoms with Crippen LogP contribution in [-0.2, 0) is 12.6 Å². The first-order chi connectivity index (χ1) is 7.45. The molecule has 2 rings (SSSR count). The summed E-state index contributed by atoms with van der Waals surface area (Å²) < 4.78 is 7.31. The Morgan fingerprint density at radius 2 is 2.00 bits per heavy atom. The predicted octanol–water partition coefficient (Wildman–Crippen LogP) is 2.41. The van der Waals surface area contributed by atoms with E-state index in [0.717, 1.165) is 22.3 Å². The largest absolute Gasteiger partial charge is 0.496 e. The van der Waals surface area contributed by atoms with E-state index in [0.29, 0.717) is 0 Å². The minimum Gasteiger partial charge on any atom is -0.496 e. The van der Waals surface area contributed by atoms with Crippen molar-refractivity contribution < 1.29 is 9.84 Å². The molecule has 0 fully saturated rings. The first-order valence-electron chi connectivity index (χ1n) is 5.30. The average Bonchev–Trinajstić information content (AvgIpc) is 2.56. The number of hydrogen-bond donors (Lipinski definition) is 1. The minimum atomic E-state index is -0.848. The summed E-state index contributed by atoms with van der Waals surface area (Å²) in [5.41, 5.74) is 1.10. The summed E-state index contributed by atoms with van der Waals surface area (Å²) in [7, 11) is 3.61. The number of benzene rings is 1. The maximum atomic E-state index is 10.1. The summed E-state index contributed by atoms with van der Waals surface area (Å²) in [6.45, 7) is 3.57. The van der Waals surface area contributed by atoms with E-state index >= 15 is 0 Å².